The minimum absolute atomic E-state index is 0.0616. The fraction of sp³-hybridized carbons (Fsp3) is 0.636. The third-order valence-corrected chi connectivity index (χ3v) is 4.17. The quantitative estimate of drug-likeness (QED) is 0.786. The number of thiocarbonyl (C=S) groups is 1. The second-order valence-corrected chi connectivity index (χ2v) is 5.87. The van der Waals surface area contributed by atoms with Gasteiger partial charge in [-0.3, -0.25) is 14.5 Å². The molecule has 0 bridgehead atoms. The van der Waals surface area contributed by atoms with Crippen molar-refractivity contribution in [2.24, 2.45) is 5.92 Å². The zero-order valence-electron chi connectivity index (χ0n) is 10.2. The molecule has 100 valence electrons. The molecule has 0 saturated carbocycles. The van der Waals surface area contributed by atoms with Crippen molar-refractivity contribution in [1.82, 2.24) is 4.90 Å². The van der Waals surface area contributed by atoms with Crippen molar-refractivity contribution >= 4 is 46.0 Å². The summed E-state index contributed by atoms with van der Waals surface area (Å²) in [7, 11) is 0. The number of carboxylic acids is 1. The smallest absolute Gasteiger partial charge is 0.326 e. The van der Waals surface area contributed by atoms with E-state index in [2.05, 4.69) is 0 Å². The summed E-state index contributed by atoms with van der Waals surface area (Å²) in [6.07, 6.45) is 0.817. The van der Waals surface area contributed by atoms with E-state index in [1.807, 2.05) is 0 Å². The summed E-state index contributed by atoms with van der Waals surface area (Å²) >= 11 is 6.10. The highest BCUT2D eigenvalue weighted by atomic mass is 32.2. The molecule has 1 aliphatic heterocycles. The molecule has 1 heterocycles. The normalized spacial score (nSPS) is 20.9. The fourth-order valence-corrected chi connectivity index (χ4v) is 2.71. The van der Waals surface area contributed by atoms with Crippen molar-refractivity contribution in [1.29, 1.82) is 0 Å². The standard InChI is InChI=1S/C11H15NO4S2/c1-6(5-18-7(2)13)10(14)12-8(11(15)16)3-4-9(12)17/h6,8H,3-5H2,1-2H3,(H,15,16)/t6?,8-/m0/s1. The Kier molecular flexibility index (Phi) is 5.28. The Bertz CT molecular complexity index is 397. The molecule has 1 amide bonds. The van der Waals surface area contributed by atoms with Crippen LogP contribution in [0.2, 0.25) is 0 Å². The van der Waals surface area contributed by atoms with Crippen LogP contribution in [0.25, 0.3) is 0 Å². The van der Waals surface area contributed by atoms with E-state index in [0.29, 0.717) is 23.6 Å². The van der Waals surface area contributed by atoms with Crippen LogP contribution < -0.4 is 0 Å². The van der Waals surface area contributed by atoms with Crippen LogP contribution in [-0.2, 0) is 14.4 Å². The van der Waals surface area contributed by atoms with E-state index in [4.69, 9.17) is 17.3 Å². The first-order valence-electron chi connectivity index (χ1n) is 5.56. The molecule has 1 N–H and O–H groups in total. The third kappa shape index (κ3) is 3.52. The average molecular weight is 289 g/mol. The number of amides is 1. The summed E-state index contributed by atoms with van der Waals surface area (Å²) in [6.45, 7) is 3.11. The Hall–Kier alpha value is -0.950. The molecular weight excluding hydrogens is 274 g/mol. The Morgan fingerprint density at radius 2 is 2.17 bits per heavy atom. The van der Waals surface area contributed by atoms with Gasteiger partial charge in [-0.2, -0.15) is 0 Å². The van der Waals surface area contributed by atoms with Gasteiger partial charge in [-0.05, 0) is 6.42 Å². The molecule has 18 heavy (non-hydrogen) atoms. The van der Waals surface area contributed by atoms with Crippen LogP contribution in [0.5, 0.6) is 0 Å². The summed E-state index contributed by atoms with van der Waals surface area (Å²) in [4.78, 5) is 35.6. The lowest BCUT2D eigenvalue weighted by Crippen LogP contribution is -2.45. The first-order valence-corrected chi connectivity index (χ1v) is 6.96. The number of hydrogen-bond acceptors (Lipinski definition) is 5. The van der Waals surface area contributed by atoms with E-state index >= 15 is 0 Å². The SMILES string of the molecule is CC(=O)SCC(C)C(=O)N1C(=S)CC[C@H]1C(=O)O. The van der Waals surface area contributed by atoms with Crippen LogP contribution in [0, 0.1) is 5.92 Å². The van der Waals surface area contributed by atoms with Crippen molar-refractivity contribution in [2.45, 2.75) is 32.7 Å². The van der Waals surface area contributed by atoms with Crippen LogP contribution in [0.15, 0.2) is 0 Å². The maximum absolute atomic E-state index is 12.1. The van der Waals surface area contributed by atoms with Crippen molar-refractivity contribution in [3.05, 3.63) is 0 Å². The highest BCUT2D eigenvalue weighted by Crippen LogP contribution is 2.24. The fourth-order valence-electron chi connectivity index (χ4n) is 1.75. The Balaban J connectivity index is 2.71. The Morgan fingerprint density at radius 3 is 2.67 bits per heavy atom. The molecule has 0 aromatic rings. The molecule has 5 nitrogen and oxygen atoms in total. The summed E-state index contributed by atoms with van der Waals surface area (Å²) in [5.41, 5.74) is 0. The summed E-state index contributed by atoms with van der Waals surface area (Å²) in [5.74, 6) is -1.41. The molecule has 2 atom stereocenters. The topological polar surface area (TPSA) is 74.7 Å². The van der Waals surface area contributed by atoms with Crippen molar-refractivity contribution in [3.8, 4) is 0 Å². The zero-order valence-corrected chi connectivity index (χ0v) is 11.8. The largest absolute Gasteiger partial charge is 0.480 e. The van der Waals surface area contributed by atoms with Gasteiger partial charge in [0, 0.05) is 25.0 Å². The zero-order chi connectivity index (χ0) is 13.9. The van der Waals surface area contributed by atoms with Crippen LogP contribution in [0.4, 0.5) is 0 Å². The molecule has 0 radical (unpaired) electrons. The lowest BCUT2D eigenvalue weighted by Gasteiger charge is -2.24. The van der Waals surface area contributed by atoms with Gasteiger partial charge in [0.15, 0.2) is 5.12 Å². The van der Waals surface area contributed by atoms with Crippen molar-refractivity contribution in [2.75, 3.05) is 5.75 Å². The predicted octanol–water partition coefficient (Wildman–Crippen LogP) is 1.31. The number of carbonyl (C=O) groups excluding carboxylic acids is 2. The third-order valence-electron chi connectivity index (χ3n) is 2.69. The lowest BCUT2D eigenvalue weighted by atomic mass is 10.1. The summed E-state index contributed by atoms with van der Waals surface area (Å²) in [5, 5.41) is 8.98. The number of carboxylic acid groups (broad SMARTS) is 1. The molecule has 1 fully saturated rings. The maximum Gasteiger partial charge on any atom is 0.326 e. The average Bonchev–Trinajstić information content (AvgIpc) is 2.67. The first-order chi connectivity index (χ1) is 8.34. The highest BCUT2D eigenvalue weighted by Gasteiger charge is 2.39. The number of aliphatic carboxylic acids is 1. The van der Waals surface area contributed by atoms with Gasteiger partial charge in [0.2, 0.25) is 5.91 Å². The maximum atomic E-state index is 12.1. The monoisotopic (exact) mass is 289 g/mol. The first kappa shape index (κ1) is 15.1. The van der Waals surface area contributed by atoms with Crippen molar-refractivity contribution < 1.29 is 19.5 Å². The van der Waals surface area contributed by atoms with E-state index in [1.165, 1.54) is 11.8 Å². The number of nitrogens with zero attached hydrogens (tertiary/aromatic N) is 1. The number of thioether (sulfide) groups is 1. The van der Waals surface area contributed by atoms with Crippen LogP contribution in [-0.4, -0.2) is 43.8 Å². The lowest BCUT2D eigenvalue weighted by molar-refractivity contribution is -0.146. The molecule has 1 aliphatic rings. The summed E-state index contributed by atoms with van der Waals surface area (Å²) < 4.78 is 0. The van der Waals surface area contributed by atoms with Gasteiger partial charge in [0.25, 0.3) is 0 Å². The molecule has 0 aromatic heterocycles. The van der Waals surface area contributed by atoms with Gasteiger partial charge in [0.1, 0.15) is 6.04 Å². The minimum atomic E-state index is -1.03. The minimum Gasteiger partial charge on any atom is -0.480 e. The van der Waals surface area contributed by atoms with Gasteiger partial charge < -0.3 is 5.11 Å². The van der Waals surface area contributed by atoms with E-state index in [-0.39, 0.29) is 11.0 Å². The van der Waals surface area contributed by atoms with E-state index < -0.39 is 17.9 Å². The molecule has 0 aliphatic carbocycles. The van der Waals surface area contributed by atoms with Gasteiger partial charge in [-0.1, -0.05) is 30.9 Å². The molecule has 1 rings (SSSR count). The number of likely N-dealkylation sites (tertiary alicyclic amines) is 1. The van der Waals surface area contributed by atoms with Crippen molar-refractivity contribution in [3.63, 3.8) is 0 Å². The molecule has 1 unspecified atom stereocenters. The molecule has 7 heteroatoms. The molecule has 0 spiro atoms. The number of rotatable bonds is 4. The van der Waals surface area contributed by atoms with Crippen LogP contribution >= 0.6 is 24.0 Å². The molecular formula is C11H15NO4S2. The Morgan fingerprint density at radius 1 is 1.56 bits per heavy atom. The van der Waals surface area contributed by atoms with Gasteiger partial charge in [0.05, 0.1) is 4.99 Å². The van der Waals surface area contributed by atoms with Gasteiger partial charge in [-0.15, -0.1) is 0 Å². The number of hydrogen-bond donors (Lipinski definition) is 1. The van der Waals surface area contributed by atoms with Gasteiger partial charge >= 0.3 is 5.97 Å². The van der Waals surface area contributed by atoms with Gasteiger partial charge in [-0.25, -0.2) is 4.79 Å². The van der Waals surface area contributed by atoms with Crippen LogP contribution in [0.3, 0.4) is 0 Å². The second kappa shape index (κ2) is 6.29. The Labute approximate surface area is 115 Å². The second-order valence-electron chi connectivity index (χ2n) is 4.20. The molecule has 0 aromatic carbocycles. The van der Waals surface area contributed by atoms with Crippen LogP contribution in [0.1, 0.15) is 26.7 Å². The predicted molar refractivity (Wildman–Crippen MR) is 72.4 cm³/mol. The molecule has 1 saturated heterocycles. The van der Waals surface area contributed by atoms with E-state index in [1.54, 1.807) is 6.92 Å². The van der Waals surface area contributed by atoms with E-state index in [0.717, 1.165) is 11.8 Å². The highest BCUT2D eigenvalue weighted by molar-refractivity contribution is 8.13. The summed E-state index contributed by atoms with van der Waals surface area (Å²) in [6, 6.07) is -0.852. The van der Waals surface area contributed by atoms with E-state index in [9.17, 15) is 14.4 Å². The number of carbonyl (C=O) groups is 3.